The predicted molar refractivity (Wildman–Crippen MR) is 85.7 cm³/mol. The van der Waals surface area contributed by atoms with Crippen LogP contribution in [0.15, 0.2) is 40.3 Å². The van der Waals surface area contributed by atoms with E-state index < -0.39 is 0 Å². The van der Waals surface area contributed by atoms with Crippen LogP contribution in [0.3, 0.4) is 0 Å². The Kier molecular flexibility index (Phi) is 3.56. The molecule has 2 heterocycles. The third kappa shape index (κ3) is 2.35. The largest absolute Gasteiger partial charge is 0.375 e. The highest BCUT2D eigenvalue weighted by Crippen LogP contribution is 2.28. The molecule has 21 heavy (non-hydrogen) atoms. The van der Waals surface area contributed by atoms with Crippen LogP contribution >= 0.6 is 0 Å². The number of likely N-dealkylation sites (N-methyl/N-ethyl adjacent to an activating group) is 1. The second kappa shape index (κ2) is 5.52. The van der Waals surface area contributed by atoms with Gasteiger partial charge in [-0.2, -0.15) is 5.10 Å². The average Bonchev–Trinajstić information content (AvgIpc) is 2.72. The maximum Gasteiger partial charge on any atom is 0.162 e. The van der Waals surface area contributed by atoms with Crippen molar-refractivity contribution in [3.05, 3.63) is 47.2 Å². The standard InChI is InChI=1S/C16H19N5/c1-4-12-14-15(11-8-6-5-7-9-11)18-10-13(17-2)19-16(14)21(3)20-12/h5-9H,4,10H2,1-3H3,(H,17,19). The molecule has 0 saturated heterocycles. The van der Waals surface area contributed by atoms with E-state index in [1.54, 1.807) is 0 Å². The van der Waals surface area contributed by atoms with E-state index in [0.29, 0.717) is 6.54 Å². The Hall–Kier alpha value is -2.43. The molecule has 0 spiro atoms. The Morgan fingerprint density at radius 3 is 2.67 bits per heavy atom. The second-order valence-corrected chi connectivity index (χ2v) is 4.96. The number of aryl methyl sites for hydroxylation is 2. The summed E-state index contributed by atoms with van der Waals surface area (Å²) in [6.07, 6.45) is 0.861. The van der Waals surface area contributed by atoms with Crippen molar-refractivity contribution in [2.45, 2.75) is 13.3 Å². The van der Waals surface area contributed by atoms with Gasteiger partial charge in [-0.15, -0.1) is 0 Å². The van der Waals surface area contributed by atoms with Gasteiger partial charge in [0, 0.05) is 19.7 Å². The molecule has 0 bridgehead atoms. The molecule has 0 atom stereocenters. The number of fused-ring (bicyclic) bond motifs is 1. The van der Waals surface area contributed by atoms with Crippen molar-refractivity contribution in [2.24, 2.45) is 17.0 Å². The number of rotatable bonds is 2. The molecule has 1 aliphatic heterocycles. The fourth-order valence-corrected chi connectivity index (χ4v) is 2.55. The van der Waals surface area contributed by atoms with Crippen LogP contribution in [0, 0.1) is 0 Å². The number of hydrogen-bond donors (Lipinski definition) is 1. The summed E-state index contributed by atoms with van der Waals surface area (Å²) in [5, 5.41) is 7.71. The maximum absolute atomic E-state index is 4.78. The molecule has 0 amide bonds. The van der Waals surface area contributed by atoms with E-state index in [-0.39, 0.29) is 0 Å². The van der Waals surface area contributed by atoms with Gasteiger partial charge in [-0.3, -0.25) is 9.67 Å². The first-order valence-electron chi connectivity index (χ1n) is 7.16. The van der Waals surface area contributed by atoms with E-state index >= 15 is 0 Å². The lowest BCUT2D eigenvalue weighted by molar-refractivity contribution is 0.747. The highest BCUT2D eigenvalue weighted by Gasteiger charge is 2.23. The zero-order valence-electron chi connectivity index (χ0n) is 12.6. The fourth-order valence-electron chi connectivity index (χ4n) is 2.55. The molecule has 0 unspecified atom stereocenters. The zero-order valence-corrected chi connectivity index (χ0v) is 12.6. The van der Waals surface area contributed by atoms with E-state index in [0.717, 1.165) is 40.6 Å². The van der Waals surface area contributed by atoms with Crippen LogP contribution in [0.5, 0.6) is 0 Å². The summed E-state index contributed by atoms with van der Waals surface area (Å²) in [6.45, 7) is 2.66. The Labute approximate surface area is 124 Å². The fraction of sp³-hybridized carbons (Fsp3) is 0.312. The first-order chi connectivity index (χ1) is 10.2. The molecule has 1 aromatic heterocycles. The van der Waals surface area contributed by atoms with Gasteiger partial charge in [0.15, 0.2) is 5.82 Å². The number of amidine groups is 1. The van der Waals surface area contributed by atoms with Crippen molar-refractivity contribution in [3.8, 4) is 0 Å². The maximum atomic E-state index is 4.78. The molecule has 0 aliphatic carbocycles. The summed E-state index contributed by atoms with van der Waals surface area (Å²) in [7, 11) is 3.81. The minimum absolute atomic E-state index is 0.554. The number of aromatic nitrogens is 2. The summed E-state index contributed by atoms with van der Waals surface area (Å²) in [6, 6.07) is 10.2. The van der Waals surface area contributed by atoms with Crippen molar-refractivity contribution < 1.29 is 0 Å². The molecule has 0 fully saturated rings. The van der Waals surface area contributed by atoms with Gasteiger partial charge in [0.1, 0.15) is 5.84 Å². The third-order valence-corrected chi connectivity index (χ3v) is 3.62. The van der Waals surface area contributed by atoms with Crippen LogP contribution in [0.25, 0.3) is 0 Å². The zero-order chi connectivity index (χ0) is 14.8. The molecule has 5 heteroatoms. The lowest BCUT2D eigenvalue weighted by atomic mass is 10.0. The summed E-state index contributed by atoms with van der Waals surface area (Å²) in [4.78, 5) is 9.47. The topological polar surface area (TPSA) is 54.6 Å². The first kappa shape index (κ1) is 13.5. The molecule has 108 valence electrons. The van der Waals surface area contributed by atoms with E-state index in [1.165, 1.54) is 0 Å². The van der Waals surface area contributed by atoms with Gasteiger partial charge in [-0.1, -0.05) is 37.3 Å². The predicted octanol–water partition coefficient (Wildman–Crippen LogP) is 2.08. The van der Waals surface area contributed by atoms with E-state index in [9.17, 15) is 0 Å². The van der Waals surface area contributed by atoms with E-state index in [4.69, 9.17) is 9.98 Å². The van der Waals surface area contributed by atoms with Crippen LogP contribution in [0.4, 0.5) is 5.82 Å². The van der Waals surface area contributed by atoms with Gasteiger partial charge in [0.25, 0.3) is 0 Å². The minimum atomic E-state index is 0.554. The van der Waals surface area contributed by atoms with Gasteiger partial charge in [0.05, 0.1) is 23.5 Å². The number of aliphatic imine (C=N–C) groups is 2. The van der Waals surface area contributed by atoms with Crippen molar-refractivity contribution >= 4 is 17.4 Å². The van der Waals surface area contributed by atoms with Crippen LogP contribution in [0.1, 0.15) is 23.7 Å². The highest BCUT2D eigenvalue weighted by molar-refractivity contribution is 6.17. The van der Waals surface area contributed by atoms with Gasteiger partial charge < -0.3 is 5.32 Å². The van der Waals surface area contributed by atoms with Crippen molar-refractivity contribution in [1.82, 2.24) is 15.1 Å². The van der Waals surface area contributed by atoms with Crippen LogP contribution in [-0.2, 0) is 13.5 Å². The Morgan fingerprint density at radius 2 is 2.00 bits per heavy atom. The number of nitrogens with one attached hydrogen (secondary N) is 1. The lowest BCUT2D eigenvalue weighted by Crippen LogP contribution is -2.21. The lowest BCUT2D eigenvalue weighted by Gasteiger charge is -2.06. The molecule has 1 aromatic carbocycles. The van der Waals surface area contributed by atoms with E-state index in [2.05, 4.69) is 29.5 Å². The summed E-state index contributed by atoms with van der Waals surface area (Å²) in [5.74, 6) is 1.73. The number of hydrogen-bond acceptors (Lipinski definition) is 4. The molecule has 2 aromatic rings. The van der Waals surface area contributed by atoms with Crippen LogP contribution < -0.4 is 5.32 Å². The van der Waals surface area contributed by atoms with Crippen LogP contribution in [0.2, 0.25) is 0 Å². The quantitative estimate of drug-likeness (QED) is 0.916. The summed E-state index contributed by atoms with van der Waals surface area (Å²) < 4.78 is 1.84. The molecular weight excluding hydrogens is 262 g/mol. The summed E-state index contributed by atoms with van der Waals surface area (Å²) >= 11 is 0. The number of nitrogens with zero attached hydrogens (tertiary/aromatic N) is 4. The first-order valence-corrected chi connectivity index (χ1v) is 7.16. The minimum Gasteiger partial charge on any atom is -0.375 e. The van der Waals surface area contributed by atoms with Crippen molar-refractivity contribution in [2.75, 3.05) is 13.6 Å². The normalized spacial score (nSPS) is 14.0. The van der Waals surface area contributed by atoms with Gasteiger partial charge >= 0.3 is 0 Å². The Balaban J connectivity index is 2.24. The van der Waals surface area contributed by atoms with Crippen molar-refractivity contribution in [1.29, 1.82) is 0 Å². The SMILES string of the molecule is CCc1nn(C)c2c1C(c1ccccc1)=NCC(NC)=N2. The van der Waals surface area contributed by atoms with Gasteiger partial charge in [-0.05, 0) is 6.42 Å². The Bertz CT molecular complexity index is 710. The smallest absolute Gasteiger partial charge is 0.162 e. The Morgan fingerprint density at radius 1 is 1.24 bits per heavy atom. The third-order valence-electron chi connectivity index (χ3n) is 3.62. The highest BCUT2D eigenvalue weighted by atomic mass is 15.3. The number of benzene rings is 1. The van der Waals surface area contributed by atoms with Gasteiger partial charge in [0.2, 0.25) is 0 Å². The molecule has 3 rings (SSSR count). The molecular formula is C16H19N5. The monoisotopic (exact) mass is 281 g/mol. The second-order valence-electron chi connectivity index (χ2n) is 4.96. The average molecular weight is 281 g/mol. The van der Waals surface area contributed by atoms with E-state index in [1.807, 2.05) is 37.0 Å². The van der Waals surface area contributed by atoms with Gasteiger partial charge in [-0.25, -0.2) is 4.99 Å². The molecule has 1 N–H and O–H groups in total. The molecule has 0 saturated carbocycles. The molecule has 0 radical (unpaired) electrons. The summed E-state index contributed by atoms with van der Waals surface area (Å²) in [5.41, 5.74) is 4.17. The van der Waals surface area contributed by atoms with Crippen LogP contribution in [-0.4, -0.2) is 34.9 Å². The molecule has 1 aliphatic rings. The van der Waals surface area contributed by atoms with Crippen molar-refractivity contribution in [3.63, 3.8) is 0 Å². The molecule has 5 nitrogen and oxygen atoms in total.